The Kier molecular flexibility index (Phi) is 4.95. The molecule has 0 fully saturated rings. The minimum absolute atomic E-state index is 0.151. The molecule has 0 aromatic carbocycles. The van der Waals surface area contributed by atoms with Gasteiger partial charge in [-0.15, -0.1) is 0 Å². The summed E-state index contributed by atoms with van der Waals surface area (Å²) < 4.78 is 4.13. The third kappa shape index (κ3) is 2.93. The topological polar surface area (TPSA) is 47.7 Å². The van der Waals surface area contributed by atoms with Crippen LogP contribution in [0, 0.1) is 6.92 Å². The van der Waals surface area contributed by atoms with Gasteiger partial charge in [-0.25, -0.2) is 0 Å². The maximum absolute atomic E-state index is 4.57. The molecule has 20 heavy (non-hydrogen) atoms. The fourth-order valence-corrected chi connectivity index (χ4v) is 2.55. The summed E-state index contributed by atoms with van der Waals surface area (Å²) in [4.78, 5) is 0. The lowest BCUT2D eigenvalue weighted by molar-refractivity contribution is 0.490. The van der Waals surface area contributed by atoms with E-state index in [-0.39, 0.29) is 6.04 Å². The molecule has 110 valence electrons. The Morgan fingerprint density at radius 1 is 1.15 bits per heavy atom. The van der Waals surface area contributed by atoms with Crippen molar-refractivity contribution in [3.05, 3.63) is 35.4 Å². The molecule has 0 bridgehead atoms. The predicted octanol–water partition coefficient (Wildman–Crippen LogP) is 2.52. The summed E-state index contributed by atoms with van der Waals surface area (Å²) in [7, 11) is 0. The van der Waals surface area contributed by atoms with Crippen molar-refractivity contribution < 1.29 is 0 Å². The normalized spacial score (nSPS) is 12.8. The van der Waals surface area contributed by atoms with E-state index in [2.05, 4.69) is 57.8 Å². The Morgan fingerprint density at radius 2 is 1.90 bits per heavy atom. The summed E-state index contributed by atoms with van der Waals surface area (Å²) in [6.45, 7) is 11.2. The molecule has 1 unspecified atom stereocenters. The van der Waals surface area contributed by atoms with Gasteiger partial charge in [0.05, 0.1) is 23.1 Å². The van der Waals surface area contributed by atoms with Crippen LogP contribution in [-0.2, 0) is 13.1 Å². The average molecular weight is 275 g/mol. The van der Waals surface area contributed by atoms with Crippen molar-refractivity contribution in [2.75, 3.05) is 6.54 Å². The van der Waals surface area contributed by atoms with Crippen molar-refractivity contribution >= 4 is 0 Å². The lowest BCUT2D eigenvalue weighted by atomic mass is 10.1. The minimum Gasteiger partial charge on any atom is -0.304 e. The Bertz CT molecular complexity index is 540. The minimum atomic E-state index is 0.151. The summed E-state index contributed by atoms with van der Waals surface area (Å²) in [6.07, 6.45) is 2.98. The van der Waals surface area contributed by atoms with Gasteiger partial charge >= 0.3 is 0 Å². The van der Waals surface area contributed by atoms with Crippen LogP contribution in [0.25, 0.3) is 0 Å². The molecular formula is C15H25N5. The molecule has 2 aromatic heterocycles. The van der Waals surface area contributed by atoms with Gasteiger partial charge in [0.15, 0.2) is 0 Å². The van der Waals surface area contributed by atoms with E-state index in [1.54, 1.807) is 0 Å². The van der Waals surface area contributed by atoms with Crippen LogP contribution in [0.1, 0.15) is 50.3 Å². The smallest absolute Gasteiger partial charge is 0.0918 e. The Labute approximate surface area is 121 Å². The molecule has 0 aliphatic rings. The number of aromatic nitrogens is 4. The molecule has 2 aromatic rings. The van der Waals surface area contributed by atoms with Gasteiger partial charge in [-0.05, 0) is 45.9 Å². The van der Waals surface area contributed by atoms with Crippen LogP contribution in [-0.4, -0.2) is 26.1 Å². The lowest BCUT2D eigenvalue weighted by Gasteiger charge is -2.20. The molecule has 1 atom stereocenters. The highest BCUT2D eigenvalue weighted by molar-refractivity contribution is 5.24. The zero-order chi connectivity index (χ0) is 14.5. The van der Waals surface area contributed by atoms with Crippen LogP contribution in [0.3, 0.4) is 0 Å². The van der Waals surface area contributed by atoms with Gasteiger partial charge in [-0.2, -0.15) is 10.2 Å². The molecule has 0 radical (unpaired) electrons. The first-order valence-electron chi connectivity index (χ1n) is 7.50. The van der Waals surface area contributed by atoms with Crippen molar-refractivity contribution in [1.82, 2.24) is 24.9 Å². The van der Waals surface area contributed by atoms with Gasteiger partial charge in [0.1, 0.15) is 0 Å². The number of hydrogen-bond donors (Lipinski definition) is 1. The average Bonchev–Trinajstić information content (AvgIpc) is 3.06. The number of nitrogens with one attached hydrogen (secondary N) is 1. The van der Waals surface area contributed by atoms with Crippen LogP contribution in [0.5, 0.6) is 0 Å². The molecule has 0 aliphatic heterocycles. The highest BCUT2D eigenvalue weighted by atomic mass is 15.3. The molecule has 5 nitrogen and oxygen atoms in total. The molecule has 0 saturated carbocycles. The highest BCUT2D eigenvalue weighted by Crippen LogP contribution is 2.23. The first-order valence-corrected chi connectivity index (χ1v) is 7.50. The summed E-state index contributed by atoms with van der Waals surface area (Å²) >= 11 is 0. The third-order valence-electron chi connectivity index (χ3n) is 3.47. The van der Waals surface area contributed by atoms with E-state index in [0.717, 1.165) is 31.7 Å². The maximum atomic E-state index is 4.57. The number of aryl methyl sites for hydroxylation is 3. The summed E-state index contributed by atoms with van der Waals surface area (Å²) in [6, 6.07) is 4.42. The summed E-state index contributed by atoms with van der Waals surface area (Å²) in [5, 5.41) is 12.6. The van der Waals surface area contributed by atoms with Gasteiger partial charge in [0.25, 0.3) is 0 Å². The van der Waals surface area contributed by atoms with Gasteiger partial charge in [0, 0.05) is 19.3 Å². The van der Waals surface area contributed by atoms with Crippen molar-refractivity contribution in [3.8, 4) is 0 Å². The Balaban J connectivity index is 2.41. The highest BCUT2D eigenvalue weighted by Gasteiger charge is 2.21. The van der Waals surface area contributed by atoms with E-state index < -0.39 is 0 Å². The molecular weight excluding hydrogens is 250 g/mol. The monoisotopic (exact) mass is 275 g/mol. The number of hydrogen-bond acceptors (Lipinski definition) is 3. The summed E-state index contributed by atoms with van der Waals surface area (Å²) in [5.41, 5.74) is 3.48. The number of rotatable bonds is 7. The molecule has 0 aliphatic carbocycles. The Hall–Kier alpha value is -1.62. The lowest BCUT2D eigenvalue weighted by Crippen LogP contribution is -2.28. The van der Waals surface area contributed by atoms with E-state index >= 15 is 0 Å². The van der Waals surface area contributed by atoms with Crippen molar-refractivity contribution in [1.29, 1.82) is 0 Å². The molecule has 1 N–H and O–H groups in total. The summed E-state index contributed by atoms with van der Waals surface area (Å²) in [5.74, 6) is 0. The van der Waals surface area contributed by atoms with E-state index in [1.807, 2.05) is 13.1 Å². The SMILES string of the molecule is CCCNC(c1ccnn1CC)c1cc(C)nn1CC. The first kappa shape index (κ1) is 14.8. The standard InChI is InChI=1S/C15H25N5/c1-5-9-16-15(13-8-10-17-19(13)6-2)14-11-12(4)18-20(14)7-3/h8,10-11,15-16H,5-7,9H2,1-4H3. The van der Waals surface area contributed by atoms with E-state index in [1.165, 1.54) is 11.4 Å². The quantitative estimate of drug-likeness (QED) is 0.844. The molecule has 0 spiro atoms. The Morgan fingerprint density at radius 3 is 2.55 bits per heavy atom. The van der Waals surface area contributed by atoms with Crippen LogP contribution >= 0.6 is 0 Å². The van der Waals surface area contributed by atoms with Crippen LogP contribution < -0.4 is 5.32 Å². The van der Waals surface area contributed by atoms with Crippen LogP contribution in [0.2, 0.25) is 0 Å². The van der Waals surface area contributed by atoms with Crippen molar-refractivity contribution in [2.45, 2.75) is 53.2 Å². The van der Waals surface area contributed by atoms with E-state index in [9.17, 15) is 0 Å². The number of nitrogens with zero attached hydrogens (tertiary/aromatic N) is 4. The van der Waals surface area contributed by atoms with Crippen LogP contribution in [0.4, 0.5) is 0 Å². The molecule has 2 rings (SSSR count). The molecule has 2 heterocycles. The zero-order valence-electron chi connectivity index (χ0n) is 12.9. The maximum Gasteiger partial charge on any atom is 0.0918 e. The van der Waals surface area contributed by atoms with Crippen molar-refractivity contribution in [2.24, 2.45) is 0 Å². The van der Waals surface area contributed by atoms with Crippen molar-refractivity contribution in [3.63, 3.8) is 0 Å². The zero-order valence-corrected chi connectivity index (χ0v) is 12.9. The third-order valence-corrected chi connectivity index (χ3v) is 3.47. The van der Waals surface area contributed by atoms with E-state index in [0.29, 0.717) is 0 Å². The van der Waals surface area contributed by atoms with Gasteiger partial charge in [-0.3, -0.25) is 9.36 Å². The largest absolute Gasteiger partial charge is 0.304 e. The predicted molar refractivity (Wildman–Crippen MR) is 80.7 cm³/mol. The molecule has 5 heteroatoms. The fraction of sp³-hybridized carbons (Fsp3) is 0.600. The second-order valence-electron chi connectivity index (χ2n) is 4.99. The molecule has 0 saturated heterocycles. The first-order chi connectivity index (χ1) is 9.71. The van der Waals surface area contributed by atoms with E-state index in [4.69, 9.17) is 0 Å². The van der Waals surface area contributed by atoms with Gasteiger partial charge < -0.3 is 5.32 Å². The van der Waals surface area contributed by atoms with Gasteiger partial charge in [-0.1, -0.05) is 6.92 Å². The fourth-order valence-electron chi connectivity index (χ4n) is 2.55. The second kappa shape index (κ2) is 6.70. The van der Waals surface area contributed by atoms with Gasteiger partial charge in [0.2, 0.25) is 0 Å². The second-order valence-corrected chi connectivity index (χ2v) is 4.99. The van der Waals surface area contributed by atoms with Crippen LogP contribution in [0.15, 0.2) is 18.3 Å². The molecule has 0 amide bonds.